The number of halogens is 1. The highest BCUT2D eigenvalue weighted by atomic mass is 35.5. The lowest BCUT2D eigenvalue weighted by Gasteiger charge is -2.10. The number of nitrogen functional groups attached to an aromatic ring is 1. The predicted octanol–water partition coefficient (Wildman–Crippen LogP) is 3.41. The Morgan fingerprint density at radius 2 is 1.94 bits per heavy atom. The first-order valence-corrected chi connectivity index (χ1v) is 6.10. The van der Waals surface area contributed by atoms with E-state index in [0.29, 0.717) is 23.9 Å². The molecule has 3 N–H and O–H groups in total. The number of ether oxygens (including phenoxy) is 1. The van der Waals surface area contributed by atoms with Crippen LogP contribution >= 0.6 is 11.6 Å². The molecular formula is C14H15ClN2O. The molecule has 18 heavy (non-hydrogen) atoms. The topological polar surface area (TPSA) is 47.3 Å². The van der Waals surface area contributed by atoms with E-state index in [2.05, 4.69) is 5.32 Å². The van der Waals surface area contributed by atoms with Crippen LogP contribution in [0.5, 0.6) is 5.75 Å². The van der Waals surface area contributed by atoms with Crippen LogP contribution < -0.4 is 15.8 Å². The van der Waals surface area contributed by atoms with Gasteiger partial charge in [-0.05, 0) is 24.3 Å². The van der Waals surface area contributed by atoms with E-state index < -0.39 is 0 Å². The molecule has 2 aromatic carbocycles. The average Bonchev–Trinajstić information content (AvgIpc) is 2.37. The number of hydrogen-bond acceptors (Lipinski definition) is 3. The van der Waals surface area contributed by atoms with Crippen LogP contribution in [0.1, 0.15) is 0 Å². The van der Waals surface area contributed by atoms with Crippen molar-refractivity contribution in [3.63, 3.8) is 0 Å². The minimum atomic E-state index is 0.550. The maximum atomic E-state index is 6.02. The molecule has 0 unspecified atom stereocenters. The van der Waals surface area contributed by atoms with Gasteiger partial charge in [-0.25, -0.2) is 0 Å². The summed E-state index contributed by atoms with van der Waals surface area (Å²) in [6, 6.07) is 15.0. The first-order valence-electron chi connectivity index (χ1n) is 5.72. The first-order chi connectivity index (χ1) is 8.75. The molecule has 0 aliphatic rings. The first kappa shape index (κ1) is 12.6. The summed E-state index contributed by atoms with van der Waals surface area (Å²) in [7, 11) is 0. The molecule has 0 heterocycles. The molecule has 0 aliphatic carbocycles. The minimum Gasteiger partial charge on any atom is -0.492 e. The third-order valence-electron chi connectivity index (χ3n) is 2.42. The van der Waals surface area contributed by atoms with Gasteiger partial charge < -0.3 is 15.8 Å². The van der Waals surface area contributed by atoms with Gasteiger partial charge in [0.25, 0.3) is 0 Å². The van der Waals surface area contributed by atoms with Gasteiger partial charge in [-0.3, -0.25) is 0 Å². The summed E-state index contributed by atoms with van der Waals surface area (Å²) in [4.78, 5) is 0. The van der Waals surface area contributed by atoms with Crippen molar-refractivity contribution in [2.24, 2.45) is 0 Å². The van der Waals surface area contributed by atoms with Gasteiger partial charge in [-0.15, -0.1) is 0 Å². The standard InChI is InChI=1S/C14H15ClN2O/c15-13-6-1-2-7-14(13)17-8-9-18-12-5-3-4-11(16)10-12/h1-7,10,17H,8-9,16H2. The molecule has 0 radical (unpaired) electrons. The second kappa shape index (κ2) is 6.17. The van der Waals surface area contributed by atoms with Gasteiger partial charge in [0.2, 0.25) is 0 Å². The molecule has 3 nitrogen and oxygen atoms in total. The smallest absolute Gasteiger partial charge is 0.121 e. The van der Waals surface area contributed by atoms with Crippen LogP contribution in [0.3, 0.4) is 0 Å². The Morgan fingerprint density at radius 1 is 1.11 bits per heavy atom. The molecule has 0 aromatic heterocycles. The van der Waals surface area contributed by atoms with Crippen LogP contribution in [-0.4, -0.2) is 13.2 Å². The van der Waals surface area contributed by atoms with Gasteiger partial charge in [-0.1, -0.05) is 29.8 Å². The number of benzene rings is 2. The van der Waals surface area contributed by atoms with Crippen LogP contribution in [0.15, 0.2) is 48.5 Å². The van der Waals surface area contributed by atoms with Gasteiger partial charge in [0, 0.05) is 18.3 Å². The van der Waals surface area contributed by atoms with Crippen LogP contribution in [0, 0.1) is 0 Å². The highest BCUT2D eigenvalue weighted by Crippen LogP contribution is 2.20. The SMILES string of the molecule is Nc1cccc(OCCNc2ccccc2Cl)c1. The van der Waals surface area contributed by atoms with E-state index in [0.717, 1.165) is 11.4 Å². The Morgan fingerprint density at radius 3 is 2.72 bits per heavy atom. The van der Waals surface area contributed by atoms with Gasteiger partial charge in [0.05, 0.1) is 10.7 Å². The monoisotopic (exact) mass is 262 g/mol. The third-order valence-corrected chi connectivity index (χ3v) is 2.75. The van der Waals surface area contributed by atoms with Crippen molar-refractivity contribution in [1.82, 2.24) is 0 Å². The van der Waals surface area contributed by atoms with Crippen molar-refractivity contribution >= 4 is 23.0 Å². The van der Waals surface area contributed by atoms with Crippen LogP contribution in [0.4, 0.5) is 11.4 Å². The summed E-state index contributed by atoms with van der Waals surface area (Å²) < 4.78 is 5.56. The molecule has 0 bridgehead atoms. The summed E-state index contributed by atoms with van der Waals surface area (Å²) in [5.41, 5.74) is 7.27. The maximum absolute atomic E-state index is 6.02. The average molecular weight is 263 g/mol. The number of hydrogen-bond donors (Lipinski definition) is 2. The molecule has 0 atom stereocenters. The second-order valence-electron chi connectivity index (χ2n) is 3.83. The maximum Gasteiger partial charge on any atom is 0.121 e. The van der Waals surface area contributed by atoms with Crippen LogP contribution in [0.25, 0.3) is 0 Å². The van der Waals surface area contributed by atoms with E-state index in [9.17, 15) is 0 Å². The molecule has 94 valence electrons. The lowest BCUT2D eigenvalue weighted by Crippen LogP contribution is -2.11. The number of para-hydroxylation sites is 1. The van der Waals surface area contributed by atoms with Gasteiger partial charge >= 0.3 is 0 Å². The van der Waals surface area contributed by atoms with Gasteiger partial charge in [-0.2, -0.15) is 0 Å². The van der Waals surface area contributed by atoms with E-state index in [-0.39, 0.29) is 0 Å². The van der Waals surface area contributed by atoms with Crippen molar-refractivity contribution < 1.29 is 4.74 Å². The quantitative estimate of drug-likeness (QED) is 0.641. The molecular weight excluding hydrogens is 248 g/mol. The molecule has 0 spiro atoms. The van der Waals surface area contributed by atoms with Crippen molar-refractivity contribution in [3.05, 3.63) is 53.6 Å². The number of anilines is 2. The highest BCUT2D eigenvalue weighted by Gasteiger charge is 1.98. The third kappa shape index (κ3) is 3.57. The Balaban J connectivity index is 1.78. The normalized spacial score (nSPS) is 10.1. The molecule has 0 fully saturated rings. The molecule has 0 saturated carbocycles. The fourth-order valence-corrected chi connectivity index (χ4v) is 1.77. The summed E-state index contributed by atoms with van der Waals surface area (Å²) in [5.74, 6) is 0.774. The molecule has 2 aromatic rings. The summed E-state index contributed by atoms with van der Waals surface area (Å²) >= 11 is 6.02. The van der Waals surface area contributed by atoms with Crippen molar-refractivity contribution in [3.8, 4) is 5.75 Å². The fraction of sp³-hybridized carbons (Fsp3) is 0.143. The fourth-order valence-electron chi connectivity index (χ4n) is 1.56. The van der Waals surface area contributed by atoms with Gasteiger partial charge in [0.15, 0.2) is 0 Å². The number of nitrogens with two attached hydrogens (primary N) is 1. The van der Waals surface area contributed by atoms with Crippen molar-refractivity contribution in [1.29, 1.82) is 0 Å². The van der Waals surface area contributed by atoms with Gasteiger partial charge in [0.1, 0.15) is 12.4 Å². The van der Waals surface area contributed by atoms with E-state index in [1.165, 1.54) is 0 Å². The zero-order valence-corrected chi connectivity index (χ0v) is 10.7. The molecule has 0 saturated heterocycles. The van der Waals surface area contributed by atoms with E-state index in [1.807, 2.05) is 42.5 Å². The Bertz CT molecular complexity index is 517. The second-order valence-corrected chi connectivity index (χ2v) is 4.23. The molecule has 0 aliphatic heterocycles. The van der Waals surface area contributed by atoms with E-state index in [1.54, 1.807) is 6.07 Å². The summed E-state index contributed by atoms with van der Waals surface area (Å²) in [6.07, 6.45) is 0. The summed E-state index contributed by atoms with van der Waals surface area (Å²) in [5, 5.41) is 3.92. The Hall–Kier alpha value is -1.87. The highest BCUT2D eigenvalue weighted by molar-refractivity contribution is 6.33. The molecule has 4 heteroatoms. The summed E-state index contributed by atoms with van der Waals surface area (Å²) in [6.45, 7) is 1.23. The van der Waals surface area contributed by atoms with Crippen molar-refractivity contribution in [2.45, 2.75) is 0 Å². The molecule has 0 amide bonds. The van der Waals surface area contributed by atoms with Crippen LogP contribution in [0.2, 0.25) is 5.02 Å². The zero-order chi connectivity index (χ0) is 12.8. The minimum absolute atomic E-state index is 0.550. The van der Waals surface area contributed by atoms with Crippen LogP contribution in [-0.2, 0) is 0 Å². The lowest BCUT2D eigenvalue weighted by atomic mass is 10.3. The van der Waals surface area contributed by atoms with E-state index in [4.69, 9.17) is 22.1 Å². The Kier molecular flexibility index (Phi) is 4.31. The number of nitrogens with one attached hydrogen (secondary N) is 1. The predicted molar refractivity (Wildman–Crippen MR) is 76.3 cm³/mol. The zero-order valence-electron chi connectivity index (χ0n) is 9.90. The largest absolute Gasteiger partial charge is 0.492 e. The van der Waals surface area contributed by atoms with Crippen molar-refractivity contribution in [2.75, 3.05) is 24.2 Å². The van der Waals surface area contributed by atoms with E-state index >= 15 is 0 Å². The number of rotatable bonds is 5. The Labute approximate surface area is 112 Å². The molecule has 2 rings (SSSR count). The lowest BCUT2D eigenvalue weighted by molar-refractivity contribution is 0.333.